The van der Waals surface area contributed by atoms with Crippen molar-refractivity contribution in [3.05, 3.63) is 77.8 Å². The number of halogens is 1. The SMILES string of the molecule is CCN(Cc1ccc(OCCc2ncoc2C)cc1)C(=O)Oc1cccc(F)c1. The van der Waals surface area contributed by atoms with Crippen molar-refractivity contribution in [3.8, 4) is 11.5 Å². The molecule has 1 heterocycles. The molecule has 0 aliphatic rings. The summed E-state index contributed by atoms with van der Waals surface area (Å²) in [5, 5.41) is 0. The van der Waals surface area contributed by atoms with Gasteiger partial charge in [0.15, 0.2) is 6.39 Å². The van der Waals surface area contributed by atoms with Crippen LogP contribution >= 0.6 is 0 Å². The van der Waals surface area contributed by atoms with Gasteiger partial charge in [0, 0.05) is 25.6 Å². The monoisotopic (exact) mass is 398 g/mol. The zero-order valence-corrected chi connectivity index (χ0v) is 16.4. The number of carbonyl (C=O) groups is 1. The topological polar surface area (TPSA) is 64.8 Å². The third kappa shape index (κ3) is 5.81. The van der Waals surface area contributed by atoms with Crippen LogP contribution in [0.3, 0.4) is 0 Å². The summed E-state index contributed by atoms with van der Waals surface area (Å²) in [5.41, 5.74) is 1.82. The van der Waals surface area contributed by atoms with E-state index in [0.717, 1.165) is 22.8 Å². The van der Waals surface area contributed by atoms with Gasteiger partial charge < -0.3 is 18.8 Å². The van der Waals surface area contributed by atoms with E-state index in [1.165, 1.54) is 29.5 Å². The lowest BCUT2D eigenvalue weighted by atomic mass is 10.2. The summed E-state index contributed by atoms with van der Waals surface area (Å²) in [6.07, 6.45) is 1.57. The maximum atomic E-state index is 13.2. The van der Waals surface area contributed by atoms with E-state index in [9.17, 15) is 9.18 Å². The van der Waals surface area contributed by atoms with E-state index < -0.39 is 11.9 Å². The molecule has 6 nitrogen and oxygen atoms in total. The molecule has 0 N–H and O–H groups in total. The fourth-order valence-electron chi connectivity index (χ4n) is 2.75. The highest BCUT2D eigenvalue weighted by molar-refractivity contribution is 5.70. The van der Waals surface area contributed by atoms with Crippen molar-refractivity contribution in [2.75, 3.05) is 13.2 Å². The lowest BCUT2D eigenvalue weighted by Gasteiger charge is -2.20. The Kier molecular flexibility index (Phi) is 6.84. The Morgan fingerprint density at radius 1 is 1.17 bits per heavy atom. The minimum absolute atomic E-state index is 0.180. The molecule has 0 saturated carbocycles. The number of ether oxygens (including phenoxy) is 2. The second-order valence-corrected chi connectivity index (χ2v) is 6.44. The number of aromatic nitrogens is 1. The average molecular weight is 398 g/mol. The van der Waals surface area contributed by atoms with E-state index in [4.69, 9.17) is 13.9 Å². The summed E-state index contributed by atoms with van der Waals surface area (Å²) in [5.74, 6) is 1.27. The van der Waals surface area contributed by atoms with Gasteiger partial charge in [0.05, 0.1) is 12.3 Å². The molecular formula is C22H23FN2O4. The molecule has 0 fully saturated rings. The summed E-state index contributed by atoms with van der Waals surface area (Å²) in [4.78, 5) is 18.0. The maximum Gasteiger partial charge on any atom is 0.415 e. The molecule has 3 rings (SSSR count). The lowest BCUT2D eigenvalue weighted by Crippen LogP contribution is -2.32. The van der Waals surface area contributed by atoms with Crippen molar-refractivity contribution in [1.29, 1.82) is 0 Å². The second kappa shape index (κ2) is 9.73. The van der Waals surface area contributed by atoms with Crippen molar-refractivity contribution in [1.82, 2.24) is 9.88 Å². The zero-order chi connectivity index (χ0) is 20.6. The van der Waals surface area contributed by atoms with Crippen LogP contribution in [0.1, 0.15) is 23.9 Å². The number of hydrogen-bond acceptors (Lipinski definition) is 5. The molecule has 29 heavy (non-hydrogen) atoms. The normalized spacial score (nSPS) is 10.6. The fraction of sp³-hybridized carbons (Fsp3) is 0.273. The van der Waals surface area contributed by atoms with E-state index >= 15 is 0 Å². The molecule has 0 spiro atoms. The molecule has 2 aromatic carbocycles. The smallest absolute Gasteiger partial charge is 0.415 e. The van der Waals surface area contributed by atoms with Crippen molar-refractivity contribution >= 4 is 6.09 Å². The summed E-state index contributed by atoms with van der Waals surface area (Å²) < 4.78 is 29.4. The standard InChI is InChI=1S/C22H23FN2O4/c1-3-25(22(26)29-20-6-4-5-18(23)13-20)14-17-7-9-19(10-8-17)27-12-11-21-16(2)28-15-24-21/h4-10,13,15H,3,11-12,14H2,1-2H3. The molecular weight excluding hydrogens is 375 g/mol. The Morgan fingerprint density at radius 3 is 2.62 bits per heavy atom. The Hall–Kier alpha value is -3.35. The first-order valence-corrected chi connectivity index (χ1v) is 9.38. The van der Waals surface area contributed by atoms with E-state index in [0.29, 0.717) is 26.1 Å². The summed E-state index contributed by atoms with van der Waals surface area (Å²) in [7, 11) is 0. The highest BCUT2D eigenvalue weighted by Gasteiger charge is 2.15. The number of oxazole rings is 1. The van der Waals surface area contributed by atoms with Crippen molar-refractivity contribution in [2.45, 2.75) is 26.8 Å². The van der Waals surface area contributed by atoms with Gasteiger partial charge in [-0.15, -0.1) is 0 Å². The Balaban J connectivity index is 1.51. The first-order chi connectivity index (χ1) is 14.0. The summed E-state index contributed by atoms with van der Waals surface area (Å²) in [6, 6.07) is 13.0. The minimum atomic E-state index is -0.526. The number of aryl methyl sites for hydroxylation is 1. The first-order valence-electron chi connectivity index (χ1n) is 9.38. The molecule has 1 amide bonds. The highest BCUT2D eigenvalue weighted by Crippen LogP contribution is 2.17. The van der Waals surface area contributed by atoms with E-state index in [1.54, 1.807) is 6.07 Å². The van der Waals surface area contributed by atoms with Gasteiger partial charge in [-0.2, -0.15) is 0 Å². The molecule has 7 heteroatoms. The molecule has 152 valence electrons. The molecule has 0 aliphatic carbocycles. The van der Waals surface area contributed by atoms with Crippen LogP contribution in [0, 0.1) is 12.7 Å². The minimum Gasteiger partial charge on any atom is -0.493 e. The van der Waals surface area contributed by atoms with Crippen LogP contribution in [0.4, 0.5) is 9.18 Å². The quantitative estimate of drug-likeness (QED) is 0.547. The Labute approximate surface area is 168 Å². The third-order valence-corrected chi connectivity index (χ3v) is 4.39. The van der Waals surface area contributed by atoms with Gasteiger partial charge in [-0.25, -0.2) is 14.2 Å². The number of amides is 1. The molecule has 0 unspecified atom stereocenters. The molecule has 1 aromatic heterocycles. The van der Waals surface area contributed by atoms with Gasteiger partial charge in [0.1, 0.15) is 23.1 Å². The van der Waals surface area contributed by atoms with Crippen molar-refractivity contribution in [3.63, 3.8) is 0 Å². The van der Waals surface area contributed by atoms with Crippen molar-refractivity contribution in [2.24, 2.45) is 0 Å². The van der Waals surface area contributed by atoms with Gasteiger partial charge in [-0.1, -0.05) is 18.2 Å². The van der Waals surface area contributed by atoms with Crippen LogP contribution in [0.15, 0.2) is 59.3 Å². The molecule has 0 atom stereocenters. The molecule has 0 aliphatic heterocycles. The predicted octanol–water partition coefficient (Wildman–Crippen LogP) is 4.76. The largest absolute Gasteiger partial charge is 0.493 e. The predicted molar refractivity (Wildman–Crippen MR) is 105 cm³/mol. The summed E-state index contributed by atoms with van der Waals surface area (Å²) >= 11 is 0. The van der Waals surface area contributed by atoms with Gasteiger partial charge in [-0.3, -0.25) is 0 Å². The first kappa shape index (κ1) is 20.4. The zero-order valence-electron chi connectivity index (χ0n) is 16.4. The molecule has 0 saturated heterocycles. The molecule has 0 radical (unpaired) electrons. The van der Waals surface area contributed by atoms with Gasteiger partial charge in [0.2, 0.25) is 0 Å². The van der Waals surface area contributed by atoms with E-state index in [2.05, 4.69) is 4.98 Å². The average Bonchev–Trinajstić information content (AvgIpc) is 3.12. The van der Waals surface area contributed by atoms with Crippen LogP contribution in [-0.2, 0) is 13.0 Å². The van der Waals surface area contributed by atoms with Crippen molar-refractivity contribution < 1.29 is 23.1 Å². The van der Waals surface area contributed by atoms with Crippen LogP contribution in [0.25, 0.3) is 0 Å². The van der Waals surface area contributed by atoms with E-state index in [-0.39, 0.29) is 5.75 Å². The number of carbonyl (C=O) groups excluding carboxylic acids is 1. The Morgan fingerprint density at radius 2 is 1.97 bits per heavy atom. The summed E-state index contributed by atoms with van der Waals surface area (Å²) in [6.45, 7) is 5.06. The third-order valence-electron chi connectivity index (χ3n) is 4.39. The second-order valence-electron chi connectivity index (χ2n) is 6.44. The number of nitrogens with zero attached hydrogens (tertiary/aromatic N) is 2. The maximum absolute atomic E-state index is 13.2. The van der Waals surface area contributed by atoms with Crippen LogP contribution < -0.4 is 9.47 Å². The Bertz CT molecular complexity index is 940. The molecule has 0 bridgehead atoms. The fourth-order valence-corrected chi connectivity index (χ4v) is 2.75. The van der Waals surface area contributed by atoms with Crippen LogP contribution in [0.2, 0.25) is 0 Å². The number of rotatable bonds is 8. The van der Waals surface area contributed by atoms with Crippen LogP contribution in [0.5, 0.6) is 11.5 Å². The van der Waals surface area contributed by atoms with Gasteiger partial charge in [0.25, 0.3) is 0 Å². The number of hydrogen-bond donors (Lipinski definition) is 0. The highest BCUT2D eigenvalue weighted by atomic mass is 19.1. The van der Waals surface area contributed by atoms with Gasteiger partial charge in [-0.05, 0) is 43.7 Å². The van der Waals surface area contributed by atoms with Crippen LogP contribution in [-0.4, -0.2) is 29.1 Å². The van der Waals surface area contributed by atoms with Gasteiger partial charge >= 0.3 is 6.09 Å². The molecule has 3 aromatic rings. The van der Waals surface area contributed by atoms with E-state index in [1.807, 2.05) is 38.1 Å². The number of benzene rings is 2. The lowest BCUT2D eigenvalue weighted by molar-refractivity contribution is 0.152.